The van der Waals surface area contributed by atoms with Crippen LogP contribution in [-0.4, -0.2) is 18.0 Å². The van der Waals surface area contributed by atoms with Gasteiger partial charge in [0.15, 0.2) is 0 Å². The van der Waals surface area contributed by atoms with E-state index < -0.39 is 0 Å². The van der Waals surface area contributed by atoms with Crippen LogP contribution >= 0.6 is 0 Å². The van der Waals surface area contributed by atoms with Crippen LogP contribution < -0.4 is 0 Å². The Labute approximate surface area is 98.1 Å². The van der Waals surface area contributed by atoms with Crippen molar-refractivity contribution in [1.29, 1.82) is 0 Å². The van der Waals surface area contributed by atoms with Crippen LogP contribution in [0.1, 0.15) is 13.3 Å². The Kier molecular flexibility index (Phi) is 3.14. The highest BCUT2D eigenvalue weighted by Crippen LogP contribution is 2.28. The lowest BCUT2D eigenvalue weighted by Crippen LogP contribution is -2.34. The summed E-state index contributed by atoms with van der Waals surface area (Å²) in [5, 5.41) is 0. The first-order chi connectivity index (χ1) is 7.70. The van der Waals surface area contributed by atoms with Crippen LogP contribution in [0.3, 0.4) is 0 Å². The van der Waals surface area contributed by atoms with Crippen molar-refractivity contribution < 1.29 is 0 Å². The van der Waals surface area contributed by atoms with Gasteiger partial charge in [-0.3, -0.25) is 0 Å². The monoisotopic (exact) mass is 213 g/mol. The molecule has 0 fully saturated rings. The Hall–Kier alpha value is -1.50. The fourth-order valence-corrected chi connectivity index (χ4v) is 2.30. The summed E-state index contributed by atoms with van der Waals surface area (Å²) in [7, 11) is 2.13. The molecule has 0 N–H and O–H groups in total. The fourth-order valence-electron chi connectivity index (χ4n) is 2.30. The van der Waals surface area contributed by atoms with Crippen molar-refractivity contribution in [3.63, 3.8) is 0 Å². The van der Waals surface area contributed by atoms with Gasteiger partial charge in [0.25, 0.3) is 0 Å². The van der Waals surface area contributed by atoms with Crippen LogP contribution in [0.15, 0.2) is 60.4 Å². The minimum absolute atomic E-state index is 0.458. The summed E-state index contributed by atoms with van der Waals surface area (Å²) in [5.41, 5.74) is 2.55. The van der Waals surface area contributed by atoms with Crippen molar-refractivity contribution >= 4 is 0 Å². The molecule has 84 valence electrons. The maximum absolute atomic E-state index is 4.11. The predicted octanol–water partition coefficient (Wildman–Crippen LogP) is 3.45. The molecule has 0 bridgehead atoms. The number of likely N-dealkylation sites (N-methyl/N-ethyl adjacent to an activating group) is 1. The summed E-state index contributed by atoms with van der Waals surface area (Å²) in [6, 6.07) is 0.458. The highest BCUT2D eigenvalue weighted by atomic mass is 15.1. The number of allylic oxidation sites excluding steroid dienone is 6. The lowest BCUT2D eigenvalue weighted by molar-refractivity contribution is 0.337. The summed E-state index contributed by atoms with van der Waals surface area (Å²) in [6.45, 7) is 6.36. The molecule has 2 unspecified atom stereocenters. The van der Waals surface area contributed by atoms with Gasteiger partial charge in [-0.05, 0) is 24.0 Å². The second kappa shape index (κ2) is 4.56. The molecule has 1 heteroatoms. The molecule has 0 amide bonds. The van der Waals surface area contributed by atoms with Gasteiger partial charge in [-0.1, -0.05) is 50.0 Å². The van der Waals surface area contributed by atoms with Crippen LogP contribution in [0.25, 0.3) is 0 Å². The van der Waals surface area contributed by atoms with E-state index in [1.807, 2.05) is 0 Å². The average molecular weight is 213 g/mol. The van der Waals surface area contributed by atoms with E-state index in [2.05, 4.69) is 68.0 Å². The van der Waals surface area contributed by atoms with Gasteiger partial charge in [-0.15, -0.1) is 0 Å². The van der Waals surface area contributed by atoms with Crippen molar-refractivity contribution in [3.05, 3.63) is 60.4 Å². The molecule has 1 nitrogen and oxygen atoms in total. The van der Waals surface area contributed by atoms with E-state index in [-0.39, 0.29) is 0 Å². The molecule has 2 aliphatic rings. The molecule has 16 heavy (non-hydrogen) atoms. The molecule has 0 aromatic heterocycles. The number of hydrogen-bond donors (Lipinski definition) is 0. The predicted molar refractivity (Wildman–Crippen MR) is 70.0 cm³/mol. The van der Waals surface area contributed by atoms with Gasteiger partial charge in [0.2, 0.25) is 0 Å². The molecule has 2 rings (SSSR count). The first kappa shape index (κ1) is 11.0. The average Bonchev–Trinajstić information content (AvgIpc) is 2.36. The van der Waals surface area contributed by atoms with Gasteiger partial charge in [-0.2, -0.15) is 0 Å². The van der Waals surface area contributed by atoms with Crippen molar-refractivity contribution in [1.82, 2.24) is 4.90 Å². The molecule has 1 heterocycles. The van der Waals surface area contributed by atoms with Crippen LogP contribution in [0.5, 0.6) is 0 Å². The standard InChI is InChI=1S/C15H19N/c1-12-8-4-5-9-13(2)16(3)15-11-7-6-10-14(12)15/h4-10,12,15H,2,11H2,1,3H3/b8-4-,9-5-. The topological polar surface area (TPSA) is 3.24 Å². The molecule has 0 radical (unpaired) electrons. The lowest BCUT2D eigenvalue weighted by Gasteiger charge is -2.34. The van der Waals surface area contributed by atoms with Gasteiger partial charge in [0.05, 0.1) is 6.04 Å². The van der Waals surface area contributed by atoms with E-state index in [0.29, 0.717) is 12.0 Å². The van der Waals surface area contributed by atoms with E-state index in [9.17, 15) is 0 Å². The Morgan fingerprint density at radius 1 is 1.31 bits per heavy atom. The smallest absolute Gasteiger partial charge is 0.0542 e. The molecule has 0 spiro atoms. The van der Waals surface area contributed by atoms with Gasteiger partial charge in [0, 0.05) is 12.7 Å². The summed E-state index contributed by atoms with van der Waals surface area (Å²) >= 11 is 0. The van der Waals surface area contributed by atoms with E-state index in [1.54, 1.807) is 0 Å². The highest BCUT2D eigenvalue weighted by Gasteiger charge is 2.23. The second-order valence-corrected chi connectivity index (χ2v) is 4.48. The first-order valence-corrected chi connectivity index (χ1v) is 5.83. The Morgan fingerprint density at radius 2 is 2.12 bits per heavy atom. The number of rotatable bonds is 0. The lowest BCUT2D eigenvalue weighted by atomic mass is 9.88. The number of fused-ring (bicyclic) bond motifs is 1. The third-order valence-corrected chi connectivity index (χ3v) is 3.41. The molecule has 0 saturated carbocycles. The van der Waals surface area contributed by atoms with Crippen molar-refractivity contribution in [2.24, 2.45) is 5.92 Å². The zero-order valence-corrected chi connectivity index (χ0v) is 10.1. The van der Waals surface area contributed by atoms with Crippen LogP contribution in [0.2, 0.25) is 0 Å². The quantitative estimate of drug-likeness (QED) is 0.595. The Balaban J connectivity index is 2.38. The molecule has 0 aromatic rings. The SMILES string of the molecule is C=C1/C=C\C=C/C(C)C2=CC=CCC2N1C. The maximum Gasteiger partial charge on any atom is 0.0542 e. The summed E-state index contributed by atoms with van der Waals surface area (Å²) in [4.78, 5) is 2.27. The van der Waals surface area contributed by atoms with Gasteiger partial charge < -0.3 is 4.90 Å². The van der Waals surface area contributed by atoms with Crippen molar-refractivity contribution in [3.8, 4) is 0 Å². The van der Waals surface area contributed by atoms with E-state index in [0.717, 1.165) is 12.1 Å². The summed E-state index contributed by atoms with van der Waals surface area (Å²) < 4.78 is 0. The Bertz CT molecular complexity index is 396. The molecule has 1 aliphatic heterocycles. The molecule has 0 saturated heterocycles. The third-order valence-electron chi connectivity index (χ3n) is 3.41. The van der Waals surface area contributed by atoms with Crippen LogP contribution in [0.4, 0.5) is 0 Å². The first-order valence-electron chi connectivity index (χ1n) is 5.83. The maximum atomic E-state index is 4.11. The number of hydrogen-bond acceptors (Lipinski definition) is 1. The molecular formula is C15H19N. The van der Waals surface area contributed by atoms with E-state index >= 15 is 0 Å². The van der Waals surface area contributed by atoms with E-state index in [1.165, 1.54) is 5.57 Å². The van der Waals surface area contributed by atoms with Crippen molar-refractivity contribution in [2.75, 3.05) is 7.05 Å². The zero-order valence-electron chi connectivity index (χ0n) is 10.1. The zero-order chi connectivity index (χ0) is 11.5. The minimum atomic E-state index is 0.458. The second-order valence-electron chi connectivity index (χ2n) is 4.48. The van der Waals surface area contributed by atoms with Crippen LogP contribution in [-0.2, 0) is 0 Å². The summed E-state index contributed by atoms with van der Waals surface area (Å²) in [5.74, 6) is 0.493. The Morgan fingerprint density at radius 3 is 2.94 bits per heavy atom. The van der Waals surface area contributed by atoms with Crippen LogP contribution in [0, 0.1) is 5.92 Å². The normalized spacial score (nSPS) is 33.2. The number of nitrogens with zero attached hydrogens (tertiary/aromatic N) is 1. The fraction of sp³-hybridized carbons (Fsp3) is 0.333. The molecular weight excluding hydrogens is 194 g/mol. The van der Waals surface area contributed by atoms with Crippen molar-refractivity contribution in [2.45, 2.75) is 19.4 Å². The van der Waals surface area contributed by atoms with Gasteiger partial charge in [-0.25, -0.2) is 0 Å². The van der Waals surface area contributed by atoms with Gasteiger partial charge >= 0.3 is 0 Å². The van der Waals surface area contributed by atoms with Gasteiger partial charge in [0.1, 0.15) is 0 Å². The minimum Gasteiger partial charge on any atom is -0.368 e. The molecule has 2 atom stereocenters. The third kappa shape index (κ3) is 2.04. The summed E-state index contributed by atoms with van der Waals surface area (Å²) in [6.07, 6.45) is 16.2. The molecule has 0 aromatic carbocycles. The molecule has 1 aliphatic carbocycles. The highest BCUT2D eigenvalue weighted by molar-refractivity contribution is 5.33. The van der Waals surface area contributed by atoms with E-state index in [4.69, 9.17) is 0 Å². The largest absolute Gasteiger partial charge is 0.368 e.